The van der Waals surface area contributed by atoms with Crippen molar-refractivity contribution in [2.75, 3.05) is 13.2 Å². The number of carbonyl (C=O) groups excluding carboxylic acids is 2. The monoisotopic (exact) mass is 429 g/mol. The van der Waals surface area contributed by atoms with E-state index < -0.39 is 17.5 Å². The third-order valence-corrected chi connectivity index (χ3v) is 5.22. The summed E-state index contributed by atoms with van der Waals surface area (Å²) in [5.74, 6) is -0.436. The molecule has 1 aromatic carbocycles. The second kappa shape index (κ2) is 8.91. The number of ether oxygens (including phenoxy) is 2. The number of primary amides is 1. The Kier molecular flexibility index (Phi) is 6.48. The average molecular weight is 429 g/mol. The number of benzene rings is 1. The molecule has 0 radical (unpaired) electrons. The molecule has 3 rings (SSSR count). The van der Waals surface area contributed by atoms with Crippen molar-refractivity contribution in [3.8, 4) is 16.9 Å². The molecule has 0 bridgehead atoms. The minimum Gasteiger partial charge on any atom is -0.486 e. The molecule has 1 atom stereocenters. The minimum absolute atomic E-state index is 0.0269. The van der Waals surface area contributed by atoms with E-state index in [2.05, 4.69) is 4.98 Å². The molecule has 0 saturated carbocycles. The molecule has 1 aromatic heterocycles. The quantitative estimate of drug-likeness (QED) is 0.680. The van der Waals surface area contributed by atoms with E-state index in [-0.39, 0.29) is 24.2 Å². The van der Waals surface area contributed by atoms with Gasteiger partial charge in [0, 0.05) is 12.7 Å². The summed E-state index contributed by atoms with van der Waals surface area (Å²) < 4.78 is 25.7. The number of halogens is 1. The summed E-state index contributed by atoms with van der Waals surface area (Å²) in [7, 11) is 0. The maximum Gasteiger partial charge on any atom is 0.405 e. The molecule has 2 aromatic rings. The highest BCUT2D eigenvalue weighted by Gasteiger charge is 2.32. The molecule has 7 nitrogen and oxygen atoms in total. The summed E-state index contributed by atoms with van der Waals surface area (Å²) in [4.78, 5) is 30.0. The second-order valence-electron chi connectivity index (χ2n) is 8.40. The van der Waals surface area contributed by atoms with Gasteiger partial charge in [-0.1, -0.05) is 19.9 Å². The Hall–Kier alpha value is -3.16. The number of carbonyl (C=O) groups is 2. The lowest BCUT2D eigenvalue weighted by Gasteiger charge is -2.30. The normalized spacial score (nSPS) is 15.0. The second-order valence-corrected chi connectivity index (χ2v) is 8.40. The SMILES string of the molecule is CCN1Cc2nccc(-c3ccc(OCC(C)(CC(C)C)OC(N)=O)c(F)c3)c2C1=O. The van der Waals surface area contributed by atoms with Gasteiger partial charge in [0.1, 0.15) is 12.2 Å². The van der Waals surface area contributed by atoms with E-state index in [4.69, 9.17) is 15.2 Å². The number of hydrogen-bond acceptors (Lipinski definition) is 5. The molecule has 1 unspecified atom stereocenters. The summed E-state index contributed by atoms with van der Waals surface area (Å²) in [6.45, 7) is 8.56. The topological polar surface area (TPSA) is 94.8 Å². The lowest BCUT2D eigenvalue weighted by atomic mass is 9.95. The van der Waals surface area contributed by atoms with Crippen LogP contribution in [0.5, 0.6) is 5.75 Å². The zero-order valence-electron chi connectivity index (χ0n) is 18.3. The Morgan fingerprint density at radius 2 is 2.10 bits per heavy atom. The van der Waals surface area contributed by atoms with Gasteiger partial charge >= 0.3 is 6.09 Å². The van der Waals surface area contributed by atoms with Crippen LogP contribution in [0.25, 0.3) is 11.1 Å². The van der Waals surface area contributed by atoms with Gasteiger partial charge in [0.05, 0.1) is 17.8 Å². The highest BCUT2D eigenvalue weighted by Crippen LogP contribution is 2.33. The van der Waals surface area contributed by atoms with Crippen LogP contribution in [0.1, 0.15) is 50.2 Å². The largest absolute Gasteiger partial charge is 0.486 e. The van der Waals surface area contributed by atoms with Crippen molar-refractivity contribution in [2.24, 2.45) is 11.7 Å². The number of rotatable bonds is 8. The maximum atomic E-state index is 14.9. The molecule has 1 aliphatic heterocycles. The van der Waals surface area contributed by atoms with E-state index >= 15 is 0 Å². The number of nitrogens with zero attached hydrogens (tertiary/aromatic N) is 2. The average Bonchev–Trinajstić information content (AvgIpc) is 3.01. The lowest BCUT2D eigenvalue weighted by molar-refractivity contribution is -0.0193. The first kappa shape index (κ1) is 22.5. The predicted molar refractivity (Wildman–Crippen MR) is 114 cm³/mol. The molecule has 166 valence electrons. The zero-order valence-corrected chi connectivity index (χ0v) is 18.3. The molecule has 31 heavy (non-hydrogen) atoms. The Labute approximate surface area is 181 Å². The molecule has 1 aliphatic rings. The smallest absolute Gasteiger partial charge is 0.405 e. The van der Waals surface area contributed by atoms with E-state index in [1.54, 1.807) is 30.2 Å². The molecule has 0 aliphatic carbocycles. The molecule has 2 amide bonds. The predicted octanol–water partition coefficient (Wildman–Crippen LogP) is 4.14. The zero-order chi connectivity index (χ0) is 22.8. The number of hydrogen-bond donors (Lipinski definition) is 1. The van der Waals surface area contributed by atoms with E-state index in [1.165, 1.54) is 12.1 Å². The highest BCUT2D eigenvalue weighted by atomic mass is 19.1. The first-order valence-corrected chi connectivity index (χ1v) is 10.3. The fourth-order valence-electron chi connectivity index (χ4n) is 4.02. The van der Waals surface area contributed by atoms with E-state index in [0.29, 0.717) is 41.9 Å². The van der Waals surface area contributed by atoms with Gasteiger partial charge < -0.3 is 20.1 Å². The van der Waals surface area contributed by atoms with Gasteiger partial charge in [0.25, 0.3) is 5.91 Å². The Balaban J connectivity index is 1.83. The maximum absolute atomic E-state index is 14.9. The molecule has 0 fully saturated rings. The van der Waals surface area contributed by atoms with Crippen LogP contribution in [0.15, 0.2) is 30.5 Å². The fraction of sp³-hybridized carbons (Fsp3) is 0.435. The summed E-state index contributed by atoms with van der Waals surface area (Å²) in [5.41, 5.74) is 6.61. The third-order valence-electron chi connectivity index (χ3n) is 5.22. The van der Waals surface area contributed by atoms with Gasteiger partial charge in [0.15, 0.2) is 11.6 Å². The van der Waals surface area contributed by atoms with Gasteiger partial charge in [-0.15, -0.1) is 0 Å². The number of amides is 2. The van der Waals surface area contributed by atoms with Crippen LogP contribution in [-0.2, 0) is 11.3 Å². The molecular weight excluding hydrogens is 401 g/mol. The first-order valence-electron chi connectivity index (χ1n) is 10.3. The Morgan fingerprint density at radius 1 is 1.35 bits per heavy atom. The highest BCUT2D eigenvalue weighted by molar-refractivity contribution is 6.04. The van der Waals surface area contributed by atoms with Crippen molar-refractivity contribution in [1.29, 1.82) is 0 Å². The number of nitrogens with two attached hydrogens (primary N) is 1. The van der Waals surface area contributed by atoms with Crippen LogP contribution in [0.3, 0.4) is 0 Å². The van der Waals surface area contributed by atoms with Crippen LogP contribution in [0.2, 0.25) is 0 Å². The molecular formula is C23H28FN3O4. The molecule has 0 spiro atoms. The number of fused-ring (bicyclic) bond motifs is 1. The van der Waals surface area contributed by atoms with Crippen LogP contribution < -0.4 is 10.5 Å². The standard InChI is InChI=1S/C23H28FN3O4/c1-5-27-12-18-20(21(27)28)16(8-9-26-18)15-6-7-19(17(24)10-15)30-13-23(4,11-14(2)3)31-22(25)29/h6-10,14H,5,11-13H2,1-4H3,(H2,25,29). The first-order chi connectivity index (χ1) is 14.6. The molecule has 2 N–H and O–H groups in total. The van der Waals surface area contributed by atoms with Gasteiger partial charge in [0.2, 0.25) is 0 Å². The summed E-state index contributed by atoms with van der Waals surface area (Å²) in [6.07, 6.45) is 1.23. The van der Waals surface area contributed by atoms with Gasteiger partial charge in [-0.2, -0.15) is 0 Å². The molecule has 2 heterocycles. The van der Waals surface area contributed by atoms with E-state index in [0.717, 1.165) is 0 Å². The van der Waals surface area contributed by atoms with E-state index in [9.17, 15) is 14.0 Å². The summed E-state index contributed by atoms with van der Waals surface area (Å²) in [6, 6.07) is 6.26. The van der Waals surface area contributed by atoms with Crippen molar-refractivity contribution >= 4 is 12.0 Å². The summed E-state index contributed by atoms with van der Waals surface area (Å²) >= 11 is 0. The minimum atomic E-state index is -0.979. The lowest BCUT2D eigenvalue weighted by Crippen LogP contribution is -2.41. The Bertz CT molecular complexity index is 995. The molecule has 8 heteroatoms. The van der Waals surface area contributed by atoms with Crippen molar-refractivity contribution in [3.05, 3.63) is 47.5 Å². The van der Waals surface area contributed by atoms with Crippen molar-refractivity contribution in [2.45, 2.75) is 46.3 Å². The molecule has 0 saturated heterocycles. The van der Waals surface area contributed by atoms with Gasteiger partial charge in [-0.25, -0.2) is 9.18 Å². The number of aromatic nitrogens is 1. The third kappa shape index (κ3) is 4.95. The van der Waals surface area contributed by atoms with Crippen LogP contribution in [0.4, 0.5) is 9.18 Å². The van der Waals surface area contributed by atoms with E-state index in [1.807, 2.05) is 20.8 Å². The number of pyridine rings is 1. The van der Waals surface area contributed by atoms with Crippen LogP contribution in [-0.4, -0.2) is 40.6 Å². The van der Waals surface area contributed by atoms with Gasteiger partial charge in [-0.3, -0.25) is 9.78 Å². The van der Waals surface area contributed by atoms with Crippen molar-refractivity contribution in [1.82, 2.24) is 9.88 Å². The Morgan fingerprint density at radius 3 is 2.71 bits per heavy atom. The summed E-state index contributed by atoms with van der Waals surface area (Å²) in [5, 5.41) is 0. The van der Waals surface area contributed by atoms with Crippen LogP contribution in [0, 0.1) is 11.7 Å². The van der Waals surface area contributed by atoms with Gasteiger partial charge in [-0.05, 0) is 55.5 Å². The fourth-order valence-corrected chi connectivity index (χ4v) is 4.02. The van der Waals surface area contributed by atoms with Crippen LogP contribution >= 0.6 is 0 Å². The van der Waals surface area contributed by atoms with Crippen molar-refractivity contribution in [3.63, 3.8) is 0 Å². The van der Waals surface area contributed by atoms with Crippen molar-refractivity contribution < 1.29 is 23.5 Å².